The average molecular weight is 485 g/mol. The number of anilines is 2. The maximum Gasteiger partial charge on any atom is 0.262 e. The van der Waals surface area contributed by atoms with Crippen molar-refractivity contribution in [2.75, 3.05) is 23.7 Å². The van der Waals surface area contributed by atoms with Crippen molar-refractivity contribution >= 4 is 57.6 Å². The minimum absolute atomic E-state index is 0.0302. The van der Waals surface area contributed by atoms with Gasteiger partial charge >= 0.3 is 0 Å². The first-order valence-electron chi connectivity index (χ1n) is 10.9. The summed E-state index contributed by atoms with van der Waals surface area (Å²) in [7, 11) is 0. The number of nitrogens with one attached hydrogen (secondary N) is 2. The van der Waals surface area contributed by atoms with E-state index in [0.717, 1.165) is 36.7 Å². The summed E-state index contributed by atoms with van der Waals surface area (Å²) < 4.78 is 0. The molecule has 1 fully saturated rings. The molecule has 9 heteroatoms. The lowest BCUT2D eigenvalue weighted by Crippen LogP contribution is -2.33. The zero-order valence-corrected chi connectivity index (χ0v) is 19.8. The molecule has 3 amide bonds. The van der Waals surface area contributed by atoms with Gasteiger partial charge in [0.1, 0.15) is 5.25 Å². The fourth-order valence-corrected chi connectivity index (χ4v) is 5.06. The fourth-order valence-electron chi connectivity index (χ4n) is 3.77. The van der Waals surface area contributed by atoms with Gasteiger partial charge in [-0.05, 0) is 62.1 Å². The van der Waals surface area contributed by atoms with Gasteiger partial charge in [0.2, 0.25) is 5.91 Å². The predicted molar refractivity (Wildman–Crippen MR) is 133 cm³/mol. The largest absolute Gasteiger partial charge is 0.351 e. The van der Waals surface area contributed by atoms with Gasteiger partial charge in [-0.25, -0.2) is 0 Å². The zero-order chi connectivity index (χ0) is 23.4. The molecule has 0 aliphatic carbocycles. The SMILES string of the molecule is Cc1ccc(Cl)cc1NC(=O)c1cccc(NC(=O)CC2SC(N3CCCCC3)=NC2=O)c1. The van der Waals surface area contributed by atoms with Crippen LogP contribution in [0.15, 0.2) is 47.5 Å². The molecule has 0 spiro atoms. The number of aryl methyl sites for hydroxylation is 1. The summed E-state index contributed by atoms with van der Waals surface area (Å²) >= 11 is 7.39. The second-order valence-corrected chi connectivity index (χ2v) is 9.74. The van der Waals surface area contributed by atoms with Crippen LogP contribution in [0.4, 0.5) is 11.4 Å². The maximum absolute atomic E-state index is 12.7. The monoisotopic (exact) mass is 484 g/mol. The summed E-state index contributed by atoms with van der Waals surface area (Å²) in [5.41, 5.74) is 2.41. The first-order chi connectivity index (χ1) is 15.9. The number of carbonyl (C=O) groups excluding carboxylic acids is 3. The lowest BCUT2D eigenvalue weighted by atomic mass is 10.1. The number of nitrogens with zero attached hydrogens (tertiary/aromatic N) is 2. The highest BCUT2D eigenvalue weighted by atomic mass is 35.5. The van der Waals surface area contributed by atoms with E-state index in [9.17, 15) is 14.4 Å². The average Bonchev–Trinajstić information content (AvgIpc) is 3.17. The molecule has 0 aromatic heterocycles. The van der Waals surface area contributed by atoms with Crippen LogP contribution >= 0.6 is 23.4 Å². The molecule has 172 valence electrons. The highest BCUT2D eigenvalue weighted by Crippen LogP contribution is 2.29. The molecule has 0 saturated carbocycles. The smallest absolute Gasteiger partial charge is 0.262 e. The van der Waals surface area contributed by atoms with Crippen molar-refractivity contribution in [1.29, 1.82) is 0 Å². The molecule has 7 nitrogen and oxygen atoms in total. The van der Waals surface area contributed by atoms with Crippen LogP contribution in [-0.4, -0.2) is 46.1 Å². The molecule has 2 aliphatic heterocycles. The molecule has 0 bridgehead atoms. The number of hydrogen-bond acceptors (Lipinski definition) is 5. The molecule has 2 N–H and O–H groups in total. The molecule has 2 aromatic carbocycles. The van der Waals surface area contributed by atoms with Crippen molar-refractivity contribution < 1.29 is 14.4 Å². The van der Waals surface area contributed by atoms with E-state index in [1.54, 1.807) is 36.4 Å². The van der Waals surface area contributed by atoms with E-state index >= 15 is 0 Å². The van der Waals surface area contributed by atoms with Crippen molar-refractivity contribution in [2.24, 2.45) is 4.99 Å². The third-order valence-electron chi connectivity index (χ3n) is 5.58. The number of piperidine rings is 1. The highest BCUT2D eigenvalue weighted by Gasteiger charge is 2.33. The van der Waals surface area contributed by atoms with Crippen LogP contribution in [0.3, 0.4) is 0 Å². The van der Waals surface area contributed by atoms with E-state index in [0.29, 0.717) is 22.0 Å². The van der Waals surface area contributed by atoms with Gasteiger partial charge in [-0.3, -0.25) is 14.4 Å². The molecule has 33 heavy (non-hydrogen) atoms. The van der Waals surface area contributed by atoms with Crippen LogP contribution in [0.1, 0.15) is 41.6 Å². The van der Waals surface area contributed by atoms with Crippen LogP contribution < -0.4 is 10.6 Å². The highest BCUT2D eigenvalue weighted by molar-refractivity contribution is 8.15. The molecule has 1 atom stereocenters. The molecule has 2 aliphatic rings. The van der Waals surface area contributed by atoms with E-state index in [-0.39, 0.29) is 24.1 Å². The quantitative estimate of drug-likeness (QED) is 0.641. The van der Waals surface area contributed by atoms with Crippen LogP contribution in [0.25, 0.3) is 0 Å². The number of halogens is 1. The van der Waals surface area contributed by atoms with Crippen LogP contribution in [-0.2, 0) is 9.59 Å². The van der Waals surface area contributed by atoms with Crippen LogP contribution in [0.5, 0.6) is 0 Å². The molecule has 2 aromatic rings. The Morgan fingerprint density at radius 2 is 1.91 bits per heavy atom. The fraction of sp³-hybridized carbons (Fsp3) is 0.333. The zero-order valence-electron chi connectivity index (χ0n) is 18.3. The lowest BCUT2D eigenvalue weighted by molar-refractivity contribution is -0.121. The Morgan fingerprint density at radius 3 is 2.70 bits per heavy atom. The molecular formula is C24H25ClN4O3S. The summed E-state index contributed by atoms with van der Waals surface area (Å²) in [6, 6.07) is 12.0. The summed E-state index contributed by atoms with van der Waals surface area (Å²) in [6.07, 6.45) is 3.42. The van der Waals surface area contributed by atoms with Crippen molar-refractivity contribution in [2.45, 2.75) is 37.9 Å². The van der Waals surface area contributed by atoms with Gasteiger partial charge in [-0.1, -0.05) is 35.5 Å². The summed E-state index contributed by atoms with van der Waals surface area (Å²) in [5.74, 6) is -0.863. The van der Waals surface area contributed by atoms with Gasteiger partial charge in [0.25, 0.3) is 11.8 Å². The first kappa shape index (κ1) is 23.3. The Kier molecular flexibility index (Phi) is 7.35. The van der Waals surface area contributed by atoms with Gasteiger partial charge < -0.3 is 15.5 Å². The minimum Gasteiger partial charge on any atom is -0.351 e. The van der Waals surface area contributed by atoms with Crippen molar-refractivity contribution in [3.63, 3.8) is 0 Å². The molecule has 1 saturated heterocycles. The van der Waals surface area contributed by atoms with Crippen LogP contribution in [0, 0.1) is 6.92 Å². The first-order valence-corrected chi connectivity index (χ1v) is 12.2. The number of carbonyl (C=O) groups is 3. The van der Waals surface area contributed by atoms with E-state index in [2.05, 4.69) is 20.5 Å². The van der Waals surface area contributed by atoms with Gasteiger partial charge in [0, 0.05) is 41.5 Å². The summed E-state index contributed by atoms with van der Waals surface area (Å²) in [5, 5.41) is 6.38. The molecule has 2 heterocycles. The van der Waals surface area contributed by atoms with E-state index in [4.69, 9.17) is 11.6 Å². The number of aliphatic imine (C=N–C) groups is 1. The van der Waals surface area contributed by atoms with Crippen molar-refractivity contribution in [1.82, 2.24) is 4.90 Å². The standard InChI is InChI=1S/C24H25ClN4O3S/c1-15-8-9-17(25)13-19(15)27-22(31)16-6-5-7-18(12-16)26-21(30)14-20-23(32)28-24(33-20)29-10-3-2-4-11-29/h5-9,12-13,20H,2-4,10-11,14H2,1H3,(H,26,30)(H,27,31). The van der Waals surface area contributed by atoms with Gasteiger partial charge in [0.15, 0.2) is 5.17 Å². The second-order valence-electron chi connectivity index (χ2n) is 8.13. The molecular weight excluding hydrogens is 460 g/mol. The Morgan fingerprint density at radius 1 is 1.12 bits per heavy atom. The maximum atomic E-state index is 12.7. The van der Waals surface area contributed by atoms with Gasteiger partial charge in [-0.15, -0.1) is 0 Å². The van der Waals surface area contributed by atoms with E-state index < -0.39 is 5.25 Å². The number of thioether (sulfide) groups is 1. The van der Waals surface area contributed by atoms with E-state index in [1.165, 1.54) is 18.2 Å². The number of likely N-dealkylation sites (tertiary alicyclic amines) is 1. The third-order valence-corrected chi connectivity index (χ3v) is 7.03. The number of amides is 3. The minimum atomic E-state index is -0.515. The van der Waals surface area contributed by atoms with Gasteiger partial charge in [-0.2, -0.15) is 4.99 Å². The Labute approximate surface area is 202 Å². The Balaban J connectivity index is 1.34. The number of benzene rings is 2. The third kappa shape index (κ3) is 5.94. The molecule has 4 rings (SSSR count). The lowest BCUT2D eigenvalue weighted by Gasteiger charge is -2.27. The van der Waals surface area contributed by atoms with E-state index in [1.807, 2.05) is 13.0 Å². The molecule has 0 radical (unpaired) electrons. The topological polar surface area (TPSA) is 90.9 Å². The number of hydrogen-bond donors (Lipinski definition) is 2. The van der Waals surface area contributed by atoms with Crippen molar-refractivity contribution in [3.05, 3.63) is 58.6 Å². The summed E-state index contributed by atoms with van der Waals surface area (Å²) in [4.78, 5) is 43.9. The van der Waals surface area contributed by atoms with Gasteiger partial charge in [0.05, 0.1) is 0 Å². The normalized spacial score (nSPS) is 18.1. The molecule has 1 unspecified atom stereocenters. The van der Waals surface area contributed by atoms with Crippen LogP contribution in [0.2, 0.25) is 5.02 Å². The predicted octanol–water partition coefficient (Wildman–Crippen LogP) is 4.71. The Bertz CT molecular complexity index is 1110. The Hall–Kier alpha value is -2.84. The number of amidine groups is 1. The second kappa shape index (κ2) is 10.4. The number of rotatable bonds is 5. The van der Waals surface area contributed by atoms with Crippen molar-refractivity contribution in [3.8, 4) is 0 Å². The summed E-state index contributed by atoms with van der Waals surface area (Å²) in [6.45, 7) is 3.69.